The van der Waals surface area contributed by atoms with Gasteiger partial charge in [0.2, 0.25) is 0 Å². The monoisotopic (exact) mass is 381 g/mol. The van der Waals surface area contributed by atoms with Crippen LogP contribution < -0.4 is 0 Å². The molecule has 0 aliphatic carbocycles. The van der Waals surface area contributed by atoms with Crippen molar-refractivity contribution in [2.45, 2.75) is 26.2 Å². The number of Topliss-reactive ketones (excluding diaryl/α,β-unsaturated/α-hetero) is 1. The standard InChI is InChI=1S/C21H17ClFN3O/c1-14-9-19(26(25-14)18-4-2-3-17(22)12-18)7-8-20(27)10-15-5-6-16(13-24)21(23)11-15/h2-6,9,11-12H,7-8,10H2,1H3. The van der Waals surface area contributed by atoms with Gasteiger partial charge in [0.05, 0.1) is 16.9 Å². The molecule has 0 unspecified atom stereocenters. The number of carbonyl (C=O) groups excluding carboxylic acids is 1. The number of carbonyl (C=O) groups is 1. The largest absolute Gasteiger partial charge is 0.299 e. The average molecular weight is 382 g/mol. The Labute approximate surface area is 161 Å². The fourth-order valence-electron chi connectivity index (χ4n) is 2.91. The molecule has 0 radical (unpaired) electrons. The Bertz CT molecular complexity index is 1040. The van der Waals surface area contributed by atoms with Crippen LogP contribution in [0.4, 0.5) is 4.39 Å². The summed E-state index contributed by atoms with van der Waals surface area (Å²) < 4.78 is 15.5. The molecular formula is C21H17ClFN3O. The van der Waals surface area contributed by atoms with Crippen LogP contribution >= 0.6 is 11.6 Å². The van der Waals surface area contributed by atoms with Gasteiger partial charge in [-0.1, -0.05) is 23.7 Å². The van der Waals surface area contributed by atoms with Gasteiger partial charge in [0.25, 0.3) is 0 Å². The Kier molecular flexibility index (Phi) is 5.68. The molecule has 4 nitrogen and oxygen atoms in total. The third kappa shape index (κ3) is 4.60. The van der Waals surface area contributed by atoms with Crippen molar-refractivity contribution in [2.24, 2.45) is 0 Å². The minimum atomic E-state index is -0.600. The van der Waals surface area contributed by atoms with Crippen LogP contribution in [0.5, 0.6) is 0 Å². The fourth-order valence-corrected chi connectivity index (χ4v) is 3.09. The van der Waals surface area contributed by atoms with Gasteiger partial charge in [-0.05, 0) is 55.3 Å². The molecule has 2 aromatic carbocycles. The second-order valence-electron chi connectivity index (χ2n) is 6.31. The van der Waals surface area contributed by atoms with Crippen LogP contribution in [0.2, 0.25) is 5.02 Å². The average Bonchev–Trinajstić information content (AvgIpc) is 3.01. The van der Waals surface area contributed by atoms with Gasteiger partial charge in [0.15, 0.2) is 0 Å². The van der Waals surface area contributed by atoms with E-state index < -0.39 is 5.82 Å². The van der Waals surface area contributed by atoms with Gasteiger partial charge in [-0.15, -0.1) is 0 Å². The van der Waals surface area contributed by atoms with Crippen LogP contribution in [0.15, 0.2) is 48.5 Å². The Morgan fingerprint density at radius 2 is 2.07 bits per heavy atom. The smallest absolute Gasteiger partial charge is 0.141 e. The highest BCUT2D eigenvalue weighted by molar-refractivity contribution is 6.30. The third-order valence-electron chi connectivity index (χ3n) is 4.17. The second-order valence-corrected chi connectivity index (χ2v) is 6.75. The summed E-state index contributed by atoms with van der Waals surface area (Å²) in [6.07, 6.45) is 0.963. The molecule has 0 saturated heterocycles. The van der Waals surface area contributed by atoms with Crippen molar-refractivity contribution >= 4 is 17.4 Å². The normalized spacial score (nSPS) is 10.6. The lowest BCUT2D eigenvalue weighted by molar-refractivity contribution is -0.118. The number of hydrogen-bond donors (Lipinski definition) is 0. The van der Waals surface area contributed by atoms with Gasteiger partial charge in [-0.3, -0.25) is 4.79 Å². The molecule has 0 fully saturated rings. The van der Waals surface area contributed by atoms with Crippen LogP contribution in [-0.2, 0) is 17.6 Å². The predicted octanol–water partition coefficient (Wildman–Crippen LogP) is 4.59. The highest BCUT2D eigenvalue weighted by Gasteiger charge is 2.12. The van der Waals surface area contributed by atoms with E-state index in [4.69, 9.17) is 16.9 Å². The molecule has 136 valence electrons. The molecule has 6 heteroatoms. The molecule has 0 N–H and O–H groups in total. The Hall–Kier alpha value is -2.97. The summed E-state index contributed by atoms with van der Waals surface area (Å²) >= 11 is 6.06. The van der Waals surface area contributed by atoms with E-state index in [0.717, 1.165) is 17.1 Å². The van der Waals surface area contributed by atoms with E-state index >= 15 is 0 Å². The lowest BCUT2D eigenvalue weighted by atomic mass is 10.0. The molecule has 0 aliphatic heterocycles. The zero-order chi connectivity index (χ0) is 19.4. The maximum Gasteiger partial charge on any atom is 0.141 e. The fraction of sp³-hybridized carbons (Fsp3) is 0.190. The van der Waals surface area contributed by atoms with Gasteiger partial charge in [0.1, 0.15) is 17.7 Å². The number of benzene rings is 2. The van der Waals surface area contributed by atoms with Crippen LogP contribution in [0.3, 0.4) is 0 Å². The Morgan fingerprint density at radius 1 is 1.26 bits per heavy atom. The van der Waals surface area contributed by atoms with Crippen LogP contribution in [0.1, 0.15) is 28.9 Å². The molecule has 0 atom stereocenters. The van der Waals surface area contributed by atoms with Crippen molar-refractivity contribution in [1.82, 2.24) is 9.78 Å². The number of hydrogen-bond acceptors (Lipinski definition) is 3. The van der Waals surface area contributed by atoms with E-state index in [2.05, 4.69) is 5.10 Å². The summed E-state index contributed by atoms with van der Waals surface area (Å²) in [4.78, 5) is 12.3. The van der Waals surface area contributed by atoms with Gasteiger partial charge in [-0.2, -0.15) is 10.4 Å². The number of halogens is 2. The van der Waals surface area contributed by atoms with E-state index in [0.29, 0.717) is 23.4 Å². The van der Waals surface area contributed by atoms with Gasteiger partial charge in [0, 0.05) is 23.6 Å². The SMILES string of the molecule is Cc1cc(CCC(=O)Cc2ccc(C#N)c(F)c2)n(-c2cccc(Cl)c2)n1. The lowest BCUT2D eigenvalue weighted by Gasteiger charge is -2.08. The van der Waals surface area contributed by atoms with Crippen molar-refractivity contribution in [3.05, 3.63) is 81.9 Å². The first-order chi connectivity index (χ1) is 13.0. The topological polar surface area (TPSA) is 58.7 Å². The van der Waals surface area contributed by atoms with Crippen LogP contribution in [0.25, 0.3) is 5.69 Å². The number of aromatic nitrogens is 2. The van der Waals surface area contributed by atoms with Crippen molar-refractivity contribution in [3.8, 4) is 11.8 Å². The highest BCUT2D eigenvalue weighted by atomic mass is 35.5. The highest BCUT2D eigenvalue weighted by Crippen LogP contribution is 2.19. The summed E-state index contributed by atoms with van der Waals surface area (Å²) in [7, 11) is 0. The van der Waals surface area contributed by atoms with E-state index in [-0.39, 0.29) is 17.8 Å². The lowest BCUT2D eigenvalue weighted by Crippen LogP contribution is -2.08. The summed E-state index contributed by atoms with van der Waals surface area (Å²) in [6.45, 7) is 1.89. The molecule has 1 aromatic heterocycles. The van der Waals surface area contributed by atoms with Gasteiger partial charge >= 0.3 is 0 Å². The summed E-state index contributed by atoms with van der Waals surface area (Å²) in [5, 5.41) is 13.9. The molecule has 3 aromatic rings. The first kappa shape index (κ1) is 18.8. The maximum atomic E-state index is 13.7. The third-order valence-corrected chi connectivity index (χ3v) is 4.41. The Balaban J connectivity index is 1.69. The zero-order valence-corrected chi connectivity index (χ0v) is 15.5. The first-order valence-electron chi connectivity index (χ1n) is 8.48. The Morgan fingerprint density at radius 3 is 2.78 bits per heavy atom. The maximum absolute atomic E-state index is 13.7. The number of rotatable bonds is 6. The summed E-state index contributed by atoms with van der Waals surface area (Å²) in [5.41, 5.74) is 3.15. The van der Waals surface area contributed by atoms with Gasteiger partial charge in [-0.25, -0.2) is 9.07 Å². The van der Waals surface area contributed by atoms with Crippen molar-refractivity contribution in [3.63, 3.8) is 0 Å². The van der Waals surface area contributed by atoms with Crippen molar-refractivity contribution < 1.29 is 9.18 Å². The van der Waals surface area contributed by atoms with Crippen LogP contribution in [-0.4, -0.2) is 15.6 Å². The minimum absolute atomic E-state index is 0.00407. The van der Waals surface area contributed by atoms with E-state index in [9.17, 15) is 9.18 Å². The molecule has 0 spiro atoms. The van der Waals surface area contributed by atoms with Crippen molar-refractivity contribution in [1.29, 1.82) is 5.26 Å². The van der Waals surface area contributed by atoms with Crippen molar-refractivity contribution in [2.75, 3.05) is 0 Å². The quantitative estimate of drug-likeness (QED) is 0.627. The summed E-state index contributed by atoms with van der Waals surface area (Å²) in [6, 6.07) is 15.3. The molecule has 0 amide bonds. The minimum Gasteiger partial charge on any atom is -0.299 e. The second kappa shape index (κ2) is 8.15. The van der Waals surface area contributed by atoms with Gasteiger partial charge < -0.3 is 0 Å². The number of nitrogens with zero attached hydrogens (tertiary/aromatic N) is 3. The van der Waals surface area contributed by atoms with E-state index in [1.165, 1.54) is 12.1 Å². The number of aryl methyl sites for hydroxylation is 2. The number of nitriles is 1. The molecule has 0 aliphatic rings. The van der Waals surface area contributed by atoms with E-state index in [1.54, 1.807) is 22.9 Å². The molecular weight excluding hydrogens is 365 g/mol. The first-order valence-corrected chi connectivity index (χ1v) is 8.86. The predicted molar refractivity (Wildman–Crippen MR) is 101 cm³/mol. The van der Waals surface area contributed by atoms with E-state index in [1.807, 2.05) is 31.2 Å². The zero-order valence-electron chi connectivity index (χ0n) is 14.7. The molecule has 1 heterocycles. The molecule has 0 saturated carbocycles. The molecule has 0 bridgehead atoms. The summed E-state index contributed by atoms with van der Waals surface area (Å²) in [5.74, 6) is -0.604. The van der Waals surface area contributed by atoms with Crippen LogP contribution in [0, 0.1) is 24.1 Å². The molecule has 3 rings (SSSR count). The number of ketones is 1. The molecule has 27 heavy (non-hydrogen) atoms.